The molecule has 0 saturated heterocycles. The third kappa shape index (κ3) is 107. The second-order valence-electron chi connectivity index (χ2n) is 0.217. The molecule has 0 aliphatic carbocycles. The van der Waals surface area contributed by atoms with Crippen molar-refractivity contribution in [3.63, 3.8) is 0 Å². The Morgan fingerprint density at radius 3 is 1.29 bits per heavy atom. The van der Waals surface area contributed by atoms with Crippen molar-refractivity contribution in [2.24, 2.45) is 0 Å². The summed E-state index contributed by atoms with van der Waals surface area (Å²) in [6.45, 7) is 0. The van der Waals surface area contributed by atoms with E-state index >= 15 is 0 Å². The van der Waals surface area contributed by atoms with Crippen LogP contribution >= 0.6 is 0 Å². The van der Waals surface area contributed by atoms with Gasteiger partial charge in [0.15, 0.2) is 0 Å². The Morgan fingerprint density at radius 1 is 1.29 bits per heavy atom. The van der Waals surface area contributed by atoms with Gasteiger partial charge in [-0.3, -0.25) is 0 Å². The van der Waals surface area contributed by atoms with E-state index in [1.165, 1.54) is 0 Å². The Kier molecular flexibility index (Phi) is 53.0. The Balaban J connectivity index is -0.0000000150. The second kappa shape index (κ2) is 15.7. The van der Waals surface area contributed by atoms with E-state index in [4.69, 9.17) is 13.0 Å². The summed E-state index contributed by atoms with van der Waals surface area (Å²) >= 11 is 0. The Bertz CT molecular complexity index is 63.3. The molecule has 0 aromatic rings. The molecule has 0 aliphatic heterocycles. The molecule has 0 bridgehead atoms. The van der Waals surface area contributed by atoms with Gasteiger partial charge in [0.2, 0.25) is 0 Å². The fraction of sp³-hybridized carbons (Fsp3) is 0. The quantitative estimate of drug-likeness (QED) is 0.281. The van der Waals surface area contributed by atoms with Gasteiger partial charge in [0.05, 0.1) is 0 Å². The van der Waals surface area contributed by atoms with Crippen LogP contribution in [0.2, 0.25) is 0 Å². The van der Waals surface area contributed by atoms with Crippen LogP contribution < -0.4 is 0 Å². The molecule has 52 valence electrons. The smallest absolute Gasteiger partial charge is 0.0495 e. The van der Waals surface area contributed by atoms with E-state index in [0.717, 1.165) is 0 Å². The predicted molar refractivity (Wildman–Crippen MR) is 11.4 cm³/mol. The zero-order valence-corrected chi connectivity index (χ0v) is 6.73. The van der Waals surface area contributed by atoms with Crippen molar-refractivity contribution < 1.29 is 63.3 Å². The van der Waals surface area contributed by atoms with Gasteiger partial charge in [-0.25, -0.2) is 0 Å². The number of hydrogen-bond donors (Lipinski definition) is 1. The van der Waals surface area contributed by atoms with Gasteiger partial charge in [0.1, 0.15) is 0 Å². The monoisotopic (exact) mass is 253 g/mol. The average molecular weight is 254 g/mol. The van der Waals surface area contributed by atoms with E-state index < -0.39 is 11.0 Å². The van der Waals surface area contributed by atoms with Crippen LogP contribution in [0.3, 0.4) is 0 Å². The summed E-state index contributed by atoms with van der Waals surface area (Å²) in [6.07, 6.45) is 0. The van der Waals surface area contributed by atoms with Crippen molar-refractivity contribution in [1.82, 2.24) is 0 Å². The molecule has 7 heteroatoms. The van der Waals surface area contributed by atoms with E-state index in [-0.39, 0.29) is 50.3 Å². The van der Waals surface area contributed by atoms with Crippen molar-refractivity contribution in [1.29, 1.82) is 0 Å². The van der Waals surface area contributed by atoms with Crippen LogP contribution in [-0.4, -0.2) is 4.55 Å². The fourth-order valence-corrected chi connectivity index (χ4v) is 0. The SMILES string of the molecule is O=[S-](=O)O.[Co].[Mn].[Ni]. The minimum absolute atomic E-state index is 0. The van der Waals surface area contributed by atoms with Crippen LogP contribution in [0.4, 0.5) is 0 Å². The van der Waals surface area contributed by atoms with Crippen LogP contribution in [-0.2, 0) is 69.7 Å². The van der Waals surface area contributed by atoms with Crippen LogP contribution in [0.15, 0.2) is 0 Å². The van der Waals surface area contributed by atoms with Crippen molar-refractivity contribution in [2.45, 2.75) is 0 Å². The predicted octanol–water partition coefficient (Wildman–Crippen LogP) is -0.239. The summed E-state index contributed by atoms with van der Waals surface area (Å²) in [5.74, 6) is 0. The molecule has 2 radical (unpaired) electrons. The standard InChI is InChI=1S/Co.Mn.Ni.HO3S/c;;;1-4(2)3/h;;;(H,1,2,3)/q;;;-1. The van der Waals surface area contributed by atoms with Crippen LogP contribution in [0, 0.1) is 0 Å². The normalized spacial score (nSPS) is 4.86. The molecule has 0 aliphatic rings. The van der Waals surface area contributed by atoms with Crippen LogP contribution in [0.5, 0.6) is 0 Å². The maximum absolute atomic E-state index is 8.56. The summed E-state index contributed by atoms with van der Waals surface area (Å²) in [6, 6.07) is 0. The molecule has 0 aromatic heterocycles. The molecule has 0 heterocycles. The molecule has 0 atom stereocenters. The Hall–Kier alpha value is 1.43. The van der Waals surface area contributed by atoms with E-state index in [9.17, 15) is 0 Å². The summed E-state index contributed by atoms with van der Waals surface area (Å²) in [5, 5.41) is 0. The molecular formula is HCoMnNiO3S-. The van der Waals surface area contributed by atoms with E-state index in [0.29, 0.717) is 0 Å². The Morgan fingerprint density at radius 2 is 1.29 bits per heavy atom. The maximum Gasteiger partial charge on any atom is 0.0495 e. The van der Waals surface area contributed by atoms with Crippen LogP contribution in [0.1, 0.15) is 0 Å². The maximum atomic E-state index is 8.56. The van der Waals surface area contributed by atoms with Gasteiger partial charge in [-0.2, -0.15) is 0 Å². The first-order valence-electron chi connectivity index (χ1n) is 0.516. The molecule has 0 saturated carbocycles. The molecular weight excluding hydrogens is 253 g/mol. The molecule has 0 unspecified atom stereocenters. The van der Waals surface area contributed by atoms with Gasteiger partial charge < -0.3 is 13.0 Å². The number of hydrogen-bond acceptors (Lipinski definition) is 3. The summed E-state index contributed by atoms with van der Waals surface area (Å²) in [7, 11) is -2.86. The molecule has 0 fully saturated rings. The van der Waals surface area contributed by atoms with E-state index in [1.807, 2.05) is 0 Å². The van der Waals surface area contributed by atoms with Gasteiger partial charge in [0, 0.05) is 61.3 Å². The summed E-state index contributed by atoms with van der Waals surface area (Å²) in [4.78, 5) is 0. The molecule has 0 aromatic carbocycles. The van der Waals surface area contributed by atoms with Crippen molar-refractivity contribution in [2.75, 3.05) is 0 Å². The summed E-state index contributed by atoms with van der Waals surface area (Å²) < 4.78 is 24.1. The van der Waals surface area contributed by atoms with Gasteiger partial charge >= 0.3 is 0 Å². The topological polar surface area (TPSA) is 54.4 Å². The van der Waals surface area contributed by atoms with E-state index in [1.54, 1.807) is 0 Å². The van der Waals surface area contributed by atoms with Gasteiger partial charge in [-0.1, -0.05) is 0 Å². The first-order valence-corrected chi connectivity index (χ1v) is 1.55. The van der Waals surface area contributed by atoms with Gasteiger partial charge in [0.25, 0.3) is 0 Å². The molecule has 3 nitrogen and oxygen atoms in total. The minimum Gasteiger partial charge on any atom is -0.439 e. The molecule has 1 N–H and O–H groups in total. The Labute approximate surface area is 74.0 Å². The number of rotatable bonds is 0. The molecule has 0 spiro atoms. The van der Waals surface area contributed by atoms with Gasteiger partial charge in [-0.05, 0) is 0 Å². The fourth-order valence-electron chi connectivity index (χ4n) is 0. The van der Waals surface area contributed by atoms with Crippen molar-refractivity contribution in [3.8, 4) is 0 Å². The zero-order chi connectivity index (χ0) is 3.58. The molecule has 7 heavy (non-hydrogen) atoms. The van der Waals surface area contributed by atoms with Crippen molar-refractivity contribution >= 4 is 11.0 Å². The van der Waals surface area contributed by atoms with Crippen LogP contribution in [0.25, 0.3) is 0 Å². The minimum atomic E-state index is -2.86. The second-order valence-corrected chi connectivity index (χ2v) is 0.651. The third-order valence-electron chi connectivity index (χ3n) is 0. The molecule has 0 amide bonds. The first-order chi connectivity index (χ1) is 1.73. The summed E-state index contributed by atoms with van der Waals surface area (Å²) in [5.41, 5.74) is 0. The molecule has 0 rings (SSSR count). The van der Waals surface area contributed by atoms with E-state index in [2.05, 4.69) is 0 Å². The van der Waals surface area contributed by atoms with Crippen molar-refractivity contribution in [3.05, 3.63) is 0 Å². The van der Waals surface area contributed by atoms with Gasteiger partial charge in [-0.15, -0.1) is 0 Å². The zero-order valence-electron chi connectivity index (χ0n) is 2.70. The largest absolute Gasteiger partial charge is 0.439 e. The first kappa shape index (κ1) is 23.7. The average Bonchev–Trinajstić information content (AvgIpc) is 0.811. The third-order valence-corrected chi connectivity index (χ3v) is 0.